The number of ether oxygens (including phenoxy) is 2. The second kappa shape index (κ2) is 11.4. The van der Waals surface area contributed by atoms with Crippen molar-refractivity contribution in [3.05, 3.63) is 51.9 Å². The van der Waals surface area contributed by atoms with Crippen LogP contribution in [0.2, 0.25) is 0 Å². The van der Waals surface area contributed by atoms with Gasteiger partial charge in [-0.1, -0.05) is 6.07 Å². The van der Waals surface area contributed by atoms with Crippen LogP contribution >= 0.6 is 0 Å². The lowest BCUT2D eigenvalue weighted by molar-refractivity contribution is -0.158. The maximum Gasteiger partial charge on any atom is 0.326 e. The van der Waals surface area contributed by atoms with Crippen LogP contribution in [0.1, 0.15) is 50.2 Å². The van der Waals surface area contributed by atoms with Crippen molar-refractivity contribution in [2.75, 3.05) is 13.2 Å². The minimum Gasteiger partial charge on any atom is -0.461 e. The van der Waals surface area contributed by atoms with Gasteiger partial charge < -0.3 is 23.7 Å². The number of carbonyl (C=O) groups is 1. The van der Waals surface area contributed by atoms with E-state index < -0.39 is 18.1 Å². The van der Waals surface area contributed by atoms with Crippen molar-refractivity contribution in [1.29, 1.82) is 0 Å². The molecule has 0 amide bonds. The van der Waals surface area contributed by atoms with Crippen LogP contribution in [0, 0.1) is 12.8 Å². The summed E-state index contributed by atoms with van der Waals surface area (Å²) in [5.41, 5.74) is 4.40. The first-order chi connectivity index (χ1) is 18.3. The Morgan fingerprint density at radius 3 is 2.66 bits per heavy atom. The second-order valence-electron chi connectivity index (χ2n) is 10.8. The molecule has 2 aromatic heterocycles. The average Bonchev–Trinajstić information content (AvgIpc) is 3.22. The molecule has 38 heavy (non-hydrogen) atoms. The second-order valence-corrected chi connectivity index (χ2v) is 10.8. The number of aliphatic hydroxyl groups excluding tert-OH is 1. The third kappa shape index (κ3) is 5.70. The quantitative estimate of drug-likeness (QED) is 0.416. The number of hydrogen-bond acceptors (Lipinski definition) is 7. The molecule has 1 saturated heterocycles. The van der Waals surface area contributed by atoms with E-state index in [1.54, 1.807) is 18.5 Å². The van der Waals surface area contributed by atoms with E-state index in [4.69, 9.17) is 14.5 Å². The maximum absolute atomic E-state index is 12.6. The number of pyridine rings is 1. The van der Waals surface area contributed by atoms with Gasteiger partial charge in [-0.2, -0.15) is 0 Å². The van der Waals surface area contributed by atoms with Crippen molar-refractivity contribution in [1.82, 2.24) is 19.4 Å². The number of aliphatic hydroxyl groups is 1. The third-order valence-corrected chi connectivity index (χ3v) is 7.81. The Bertz CT molecular complexity index is 1320. The molecule has 0 radical (unpaired) electrons. The number of carbonyl (C=O) groups excluding carboxylic acids is 1. The number of nitrogens with zero attached hydrogens (tertiary/aromatic N) is 3. The fraction of sp³-hybridized carbons (Fsp3) is 0.552. The number of hydrogen-bond donors (Lipinski definition) is 2. The Kier molecular flexibility index (Phi) is 7.97. The predicted octanol–water partition coefficient (Wildman–Crippen LogP) is 3.07. The number of benzene rings is 1. The summed E-state index contributed by atoms with van der Waals surface area (Å²) in [6, 6.07) is 7.25. The zero-order valence-corrected chi connectivity index (χ0v) is 22.5. The van der Waals surface area contributed by atoms with Crippen LogP contribution in [0.25, 0.3) is 22.4 Å². The molecule has 3 heterocycles. The lowest BCUT2D eigenvalue weighted by Crippen LogP contribution is -2.47. The number of esters is 1. The van der Waals surface area contributed by atoms with Crippen molar-refractivity contribution < 1.29 is 19.4 Å². The summed E-state index contributed by atoms with van der Waals surface area (Å²) in [4.78, 5) is 30.0. The zero-order valence-electron chi connectivity index (χ0n) is 22.5. The summed E-state index contributed by atoms with van der Waals surface area (Å²) in [5, 5.41) is 13.4. The molecule has 9 nitrogen and oxygen atoms in total. The molecule has 2 aliphatic rings. The molecule has 1 aliphatic carbocycles. The van der Waals surface area contributed by atoms with Gasteiger partial charge in [-0.25, -0.2) is 4.98 Å². The Balaban J connectivity index is 1.43. The molecule has 1 aromatic carbocycles. The van der Waals surface area contributed by atoms with E-state index >= 15 is 0 Å². The highest BCUT2D eigenvalue weighted by Gasteiger charge is 2.30. The van der Waals surface area contributed by atoms with Gasteiger partial charge in [0.15, 0.2) is 0 Å². The summed E-state index contributed by atoms with van der Waals surface area (Å²) in [5.74, 6) is 0.920. The smallest absolute Gasteiger partial charge is 0.326 e. The van der Waals surface area contributed by atoms with Crippen LogP contribution in [0.15, 0.2) is 35.3 Å². The molecule has 3 aromatic rings. The van der Waals surface area contributed by atoms with E-state index in [0.29, 0.717) is 18.0 Å². The van der Waals surface area contributed by atoms with Gasteiger partial charge in [-0.3, -0.25) is 14.9 Å². The molecule has 1 aliphatic heterocycles. The van der Waals surface area contributed by atoms with E-state index in [1.165, 1.54) is 0 Å². The first-order valence-corrected chi connectivity index (χ1v) is 13.7. The van der Waals surface area contributed by atoms with E-state index in [9.17, 15) is 14.7 Å². The Hall–Kier alpha value is -3.01. The van der Waals surface area contributed by atoms with Gasteiger partial charge in [0.2, 0.25) is 0 Å². The maximum atomic E-state index is 12.6. The Morgan fingerprint density at radius 1 is 1.24 bits per heavy atom. The van der Waals surface area contributed by atoms with E-state index in [-0.39, 0.29) is 11.7 Å². The zero-order chi connectivity index (χ0) is 26.8. The molecule has 0 spiro atoms. The molecule has 0 unspecified atom stereocenters. The highest BCUT2D eigenvalue weighted by atomic mass is 16.5. The summed E-state index contributed by atoms with van der Waals surface area (Å²) in [6.07, 6.45) is 5.82. The lowest BCUT2D eigenvalue weighted by Gasteiger charge is -2.28. The predicted molar refractivity (Wildman–Crippen MR) is 145 cm³/mol. The molecule has 5 rings (SSSR count). The summed E-state index contributed by atoms with van der Waals surface area (Å²) in [7, 11) is 1.77. The number of nitrogens with one attached hydrogen (secondary N) is 1. The van der Waals surface area contributed by atoms with Gasteiger partial charge in [0.25, 0.3) is 5.56 Å². The van der Waals surface area contributed by atoms with Crippen LogP contribution in [-0.2, 0) is 34.4 Å². The van der Waals surface area contributed by atoms with Crippen LogP contribution in [0.3, 0.4) is 0 Å². The number of fused-ring (bicyclic) bond motifs is 1. The van der Waals surface area contributed by atoms with Crippen LogP contribution in [0.5, 0.6) is 0 Å². The SMILES string of the molecule is Cc1cc(-c2nc3cc(CN[C@H](C(=O)OC4CCC4)[C@@H](C)O)ccc3n2CC2CCOCC2)cn(C)c1=O. The van der Waals surface area contributed by atoms with Crippen molar-refractivity contribution in [2.45, 2.75) is 77.3 Å². The molecular weight excluding hydrogens is 484 g/mol. The van der Waals surface area contributed by atoms with Gasteiger partial charge in [0.1, 0.15) is 18.0 Å². The Labute approximate surface area is 222 Å². The number of aromatic nitrogens is 3. The molecular formula is C29H38N4O5. The molecule has 0 bridgehead atoms. The number of aryl methyl sites for hydroxylation is 2. The molecule has 204 valence electrons. The fourth-order valence-corrected chi connectivity index (χ4v) is 5.28. The topological polar surface area (TPSA) is 108 Å². The van der Waals surface area contributed by atoms with Gasteiger partial charge in [-0.05, 0) is 75.6 Å². The molecule has 2 atom stereocenters. The van der Waals surface area contributed by atoms with Crippen LogP contribution in [-0.4, -0.2) is 56.7 Å². The van der Waals surface area contributed by atoms with Gasteiger partial charge in [0, 0.05) is 50.7 Å². The highest BCUT2D eigenvalue weighted by molar-refractivity contribution is 5.81. The normalized spacial score (nSPS) is 18.3. The summed E-state index contributed by atoms with van der Waals surface area (Å²) in [6.45, 7) is 6.19. The molecule has 2 N–H and O–H groups in total. The van der Waals surface area contributed by atoms with E-state index in [2.05, 4.69) is 16.0 Å². The van der Waals surface area contributed by atoms with Crippen LogP contribution < -0.4 is 10.9 Å². The standard InChI is InChI=1S/C29H38N4O5/c1-18-13-22(17-32(3)28(18)35)27-31-24-14-21(7-8-25(24)33(27)16-20-9-11-37-12-10-20)15-30-26(19(2)34)29(36)38-23-5-4-6-23/h7-8,13-14,17,19-20,23,26,30,34H,4-6,9-12,15-16H2,1-3H3/t19-,26+/m1/s1. The minimum absolute atomic E-state index is 0.0160. The number of rotatable bonds is 9. The third-order valence-electron chi connectivity index (χ3n) is 7.81. The van der Waals surface area contributed by atoms with E-state index in [1.807, 2.05) is 31.3 Å². The molecule has 9 heteroatoms. The summed E-state index contributed by atoms with van der Waals surface area (Å²) < 4.78 is 15.0. The van der Waals surface area contributed by atoms with Crippen molar-refractivity contribution in [3.8, 4) is 11.4 Å². The van der Waals surface area contributed by atoms with Crippen molar-refractivity contribution >= 4 is 17.0 Å². The van der Waals surface area contributed by atoms with Crippen LogP contribution in [0.4, 0.5) is 0 Å². The highest BCUT2D eigenvalue weighted by Crippen LogP contribution is 2.29. The minimum atomic E-state index is -0.871. The first-order valence-electron chi connectivity index (χ1n) is 13.7. The van der Waals surface area contributed by atoms with Gasteiger partial charge in [0.05, 0.1) is 17.1 Å². The fourth-order valence-electron chi connectivity index (χ4n) is 5.28. The van der Waals surface area contributed by atoms with Gasteiger partial charge >= 0.3 is 5.97 Å². The largest absolute Gasteiger partial charge is 0.461 e. The molecule has 1 saturated carbocycles. The average molecular weight is 523 g/mol. The Morgan fingerprint density at radius 2 is 2.00 bits per heavy atom. The number of imidazole rings is 1. The van der Waals surface area contributed by atoms with Gasteiger partial charge in [-0.15, -0.1) is 0 Å². The molecule has 2 fully saturated rings. The first kappa shape index (κ1) is 26.6. The van der Waals surface area contributed by atoms with E-state index in [0.717, 1.165) is 79.8 Å². The van der Waals surface area contributed by atoms with Crippen molar-refractivity contribution in [2.24, 2.45) is 13.0 Å². The monoisotopic (exact) mass is 522 g/mol. The lowest BCUT2D eigenvalue weighted by atomic mass is 9.96. The summed E-state index contributed by atoms with van der Waals surface area (Å²) >= 11 is 0. The van der Waals surface area contributed by atoms with Crippen molar-refractivity contribution in [3.63, 3.8) is 0 Å².